The highest BCUT2D eigenvalue weighted by molar-refractivity contribution is 14.1. The number of halogens is 1. The molecule has 0 aliphatic carbocycles. The van der Waals surface area contributed by atoms with E-state index in [0.717, 1.165) is 23.9 Å². The molecule has 0 fully saturated rings. The van der Waals surface area contributed by atoms with Crippen molar-refractivity contribution in [2.45, 2.75) is 96.8 Å². The number of unbranched alkanes of at least 4 members (excludes halogenated alkanes) is 12. The molecule has 9 nitrogen and oxygen atoms in total. The molecular weight excluding hydrogens is 655 g/mol. The Morgan fingerprint density at radius 1 is 0.405 bits per heavy atom. The van der Waals surface area contributed by atoms with E-state index in [-0.39, 0.29) is 5.97 Å². The Bertz CT molecular complexity index is 514. The van der Waals surface area contributed by atoms with Gasteiger partial charge in [-0.3, -0.25) is 4.79 Å². The number of hydrogen-bond acceptors (Lipinski definition) is 9. The molecule has 0 aliphatic heterocycles. The van der Waals surface area contributed by atoms with Crippen LogP contribution < -0.4 is 0 Å². The monoisotopic (exact) mass is 718 g/mol. The number of carbonyl (C=O) groups is 1. The molecule has 0 aliphatic rings. The number of carbonyl (C=O) groups excluding carboxylic acids is 1. The molecule has 0 aromatic rings. The van der Waals surface area contributed by atoms with Gasteiger partial charge in [0.2, 0.25) is 0 Å². The number of ether oxygens (including phenoxy) is 8. The van der Waals surface area contributed by atoms with E-state index in [2.05, 4.69) is 29.5 Å². The topological polar surface area (TPSA) is 90.9 Å². The summed E-state index contributed by atoms with van der Waals surface area (Å²) in [6.07, 6.45) is 17.4. The first kappa shape index (κ1) is 41.9. The van der Waals surface area contributed by atoms with E-state index in [0.29, 0.717) is 98.9 Å². The van der Waals surface area contributed by atoms with Crippen LogP contribution in [0.25, 0.3) is 0 Å². The quantitative estimate of drug-likeness (QED) is 0.0307. The van der Waals surface area contributed by atoms with E-state index in [1.165, 1.54) is 70.6 Å². The summed E-state index contributed by atoms with van der Waals surface area (Å²) in [4.78, 5) is 11.8. The molecule has 252 valence electrons. The maximum Gasteiger partial charge on any atom is 0.305 e. The maximum atomic E-state index is 11.8. The van der Waals surface area contributed by atoms with Gasteiger partial charge in [0.25, 0.3) is 0 Å². The van der Waals surface area contributed by atoms with Gasteiger partial charge in [-0.15, -0.1) is 0 Å². The number of alkyl halides is 1. The molecule has 0 heterocycles. The summed E-state index contributed by atoms with van der Waals surface area (Å²) in [5.41, 5.74) is 0. The van der Waals surface area contributed by atoms with Gasteiger partial charge in [0, 0.05) is 10.8 Å². The van der Waals surface area contributed by atoms with Gasteiger partial charge in [0.15, 0.2) is 0 Å². The predicted octanol–water partition coefficient (Wildman–Crippen LogP) is 6.56. The van der Waals surface area contributed by atoms with Gasteiger partial charge < -0.3 is 37.9 Å². The van der Waals surface area contributed by atoms with Crippen molar-refractivity contribution < 1.29 is 42.7 Å². The minimum Gasteiger partial charge on any atom is -0.463 e. The van der Waals surface area contributed by atoms with Gasteiger partial charge in [-0.2, -0.15) is 0 Å². The molecule has 0 unspecified atom stereocenters. The first-order valence-electron chi connectivity index (χ1n) is 16.6. The Morgan fingerprint density at radius 2 is 0.690 bits per heavy atom. The van der Waals surface area contributed by atoms with Crippen molar-refractivity contribution in [1.29, 1.82) is 0 Å². The van der Waals surface area contributed by atoms with E-state index >= 15 is 0 Å². The second-order valence-electron chi connectivity index (χ2n) is 10.2. The van der Waals surface area contributed by atoms with Crippen LogP contribution in [0.15, 0.2) is 0 Å². The van der Waals surface area contributed by atoms with Crippen LogP contribution in [-0.4, -0.2) is 110 Å². The van der Waals surface area contributed by atoms with Gasteiger partial charge in [-0.05, 0) is 6.42 Å². The molecule has 0 bridgehead atoms. The van der Waals surface area contributed by atoms with Crippen LogP contribution >= 0.6 is 22.6 Å². The van der Waals surface area contributed by atoms with Crippen molar-refractivity contribution in [1.82, 2.24) is 0 Å². The average Bonchev–Trinajstić information content (AvgIpc) is 3.00. The number of hydrogen-bond donors (Lipinski definition) is 0. The molecule has 0 spiro atoms. The number of esters is 1. The lowest BCUT2D eigenvalue weighted by Gasteiger charge is -2.08. The van der Waals surface area contributed by atoms with Gasteiger partial charge in [0.05, 0.1) is 92.5 Å². The Morgan fingerprint density at radius 3 is 1.02 bits per heavy atom. The van der Waals surface area contributed by atoms with E-state index in [1.807, 2.05) is 0 Å². The number of rotatable bonds is 37. The second kappa shape index (κ2) is 38.9. The molecule has 42 heavy (non-hydrogen) atoms. The summed E-state index contributed by atoms with van der Waals surface area (Å²) < 4.78 is 44.3. The first-order valence-corrected chi connectivity index (χ1v) is 18.1. The normalized spacial score (nSPS) is 11.4. The average molecular weight is 719 g/mol. The molecule has 0 saturated carbocycles. The van der Waals surface area contributed by atoms with Crippen LogP contribution in [0.5, 0.6) is 0 Å². The lowest BCUT2D eigenvalue weighted by Crippen LogP contribution is -2.15. The third-order valence-electron chi connectivity index (χ3n) is 6.43. The summed E-state index contributed by atoms with van der Waals surface area (Å²) in [5, 5.41) is 0. The lowest BCUT2D eigenvalue weighted by atomic mass is 10.0. The van der Waals surface area contributed by atoms with Crippen LogP contribution in [0.3, 0.4) is 0 Å². The Hall–Kier alpha value is -0.0800. The molecular formula is C32H63IO9. The zero-order chi connectivity index (χ0) is 30.4. The van der Waals surface area contributed by atoms with E-state index in [1.54, 1.807) is 0 Å². The smallest absolute Gasteiger partial charge is 0.305 e. The largest absolute Gasteiger partial charge is 0.463 e. The van der Waals surface area contributed by atoms with Crippen LogP contribution in [0.1, 0.15) is 96.8 Å². The predicted molar refractivity (Wildman–Crippen MR) is 176 cm³/mol. The van der Waals surface area contributed by atoms with Gasteiger partial charge >= 0.3 is 5.97 Å². The molecule has 0 rings (SSSR count). The molecule has 0 amide bonds. The Labute approximate surface area is 270 Å². The summed E-state index contributed by atoms with van der Waals surface area (Å²) in [6.45, 7) is 10.2. The highest BCUT2D eigenvalue weighted by atomic mass is 127. The van der Waals surface area contributed by atoms with Gasteiger partial charge in [0.1, 0.15) is 6.61 Å². The van der Waals surface area contributed by atoms with Gasteiger partial charge in [-0.25, -0.2) is 0 Å². The Balaban J connectivity index is 3.13. The zero-order valence-corrected chi connectivity index (χ0v) is 28.9. The summed E-state index contributed by atoms with van der Waals surface area (Å²) in [7, 11) is 0. The van der Waals surface area contributed by atoms with E-state index < -0.39 is 0 Å². The molecule has 0 atom stereocenters. The van der Waals surface area contributed by atoms with Crippen LogP contribution in [0, 0.1) is 0 Å². The minimum absolute atomic E-state index is 0.125. The lowest BCUT2D eigenvalue weighted by molar-refractivity contribution is -0.145. The fourth-order valence-corrected chi connectivity index (χ4v) is 4.36. The highest BCUT2D eigenvalue weighted by Gasteiger charge is 2.03. The third-order valence-corrected chi connectivity index (χ3v) is 6.87. The molecule has 0 saturated heterocycles. The fourth-order valence-electron chi connectivity index (χ4n) is 4.05. The highest BCUT2D eigenvalue weighted by Crippen LogP contribution is 2.13. The Kier molecular flexibility index (Phi) is 38.9. The van der Waals surface area contributed by atoms with E-state index in [9.17, 15) is 4.79 Å². The standard InChI is InChI=1S/C32H63IO9/c1-2-3-4-5-6-7-8-9-10-11-12-13-14-15-32(34)42-31-30-41-29-28-40-27-26-39-25-24-38-23-22-37-21-20-36-19-18-35-17-16-33/h2-31H2,1H3. The molecule has 0 radical (unpaired) electrons. The minimum atomic E-state index is -0.125. The summed E-state index contributed by atoms with van der Waals surface area (Å²) in [5.74, 6) is -0.125. The van der Waals surface area contributed by atoms with Crippen LogP contribution in [0.4, 0.5) is 0 Å². The zero-order valence-electron chi connectivity index (χ0n) is 26.8. The van der Waals surface area contributed by atoms with Crippen molar-refractivity contribution in [3.63, 3.8) is 0 Å². The van der Waals surface area contributed by atoms with Crippen molar-refractivity contribution >= 4 is 28.6 Å². The third kappa shape index (κ3) is 37.9. The van der Waals surface area contributed by atoms with Crippen LogP contribution in [-0.2, 0) is 42.7 Å². The molecule has 0 aromatic heterocycles. The van der Waals surface area contributed by atoms with E-state index in [4.69, 9.17) is 37.9 Å². The molecule has 10 heteroatoms. The maximum absolute atomic E-state index is 11.8. The fraction of sp³-hybridized carbons (Fsp3) is 0.969. The first-order chi connectivity index (χ1) is 20.8. The van der Waals surface area contributed by atoms with Crippen molar-refractivity contribution in [2.24, 2.45) is 0 Å². The summed E-state index contributed by atoms with van der Waals surface area (Å²) >= 11 is 2.28. The van der Waals surface area contributed by atoms with Crippen LogP contribution in [0.2, 0.25) is 0 Å². The van der Waals surface area contributed by atoms with Crippen molar-refractivity contribution in [2.75, 3.05) is 104 Å². The molecule has 0 N–H and O–H groups in total. The molecule has 0 aromatic carbocycles. The SMILES string of the molecule is CCCCCCCCCCCCCCCC(=O)OCCOCCOCCOCCOCCOCCOCCOCCI. The second-order valence-corrected chi connectivity index (χ2v) is 11.3. The van der Waals surface area contributed by atoms with Crippen molar-refractivity contribution in [3.8, 4) is 0 Å². The van der Waals surface area contributed by atoms with Crippen molar-refractivity contribution in [3.05, 3.63) is 0 Å². The van der Waals surface area contributed by atoms with Gasteiger partial charge in [-0.1, -0.05) is 107 Å². The summed E-state index contributed by atoms with van der Waals surface area (Å²) in [6, 6.07) is 0.